The van der Waals surface area contributed by atoms with Gasteiger partial charge in [0.2, 0.25) is 0 Å². The zero-order valence-corrected chi connectivity index (χ0v) is 11.5. The molecule has 0 spiro atoms. The summed E-state index contributed by atoms with van der Waals surface area (Å²) < 4.78 is 5.59. The summed E-state index contributed by atoms with van der Waals surface area (Å²) in [7, 11) is 0. The molecule has 106 valence electrons. The van der Waals surface area contributed by atoms with Crippen molar-refractivity contribution in [2.75, 3.05) is 6.61 Å². The molecule has 0 radical (unpaired) electrons. The molecule has 1 rings (SSSR count). The first-order valence-electron chi connectivity index (χ1n) is 6.95. The van der Waals surface area contributed by atoms with Gasteiger partial charge in [-0.2, -0.15) is 0 Å². The van der Waals surface area contributed by atoms with Crippen molar-refractivity contribution in [1.29, 1.82) is 0 Å². The summed E-state index contributed by atoms with van der Waals surface area (Å²) in [6.07, 6.45) is 7.32. The van der Waals surface area contributed by atoms with Gasteiger partial charge in [-0.3, -0.25) is 10.0 Å². The first kappa shape index (κ1) is 15.5. The molecule has 0 aliphatic rings. The first-order valence-corrected chi connectivity index (χ1v) is 6.95. The fourth-order valence-corrected chi connectivity index (χ4v) is 1.86. The molecule has 0 heterocycles. The van der Waals surface area contributed by atoms with E-state index in [4.69, 9.17) is 9.94 Å². The zero-order chi connectivity index (χ0) is 13.9. The minimum absolute atomic E-state index is 0.392. The van der Waals surface area contributed by atoms with Crippen molar-refractivity contribution in [3.05, 3.63) is 29.8 Å². The molecule has 1 aromatic rings. The molecule has 0 aliphatic carbocycles. The van der Waals surface area contributed by atoms with Gasteiger partial charge in [0.05, 0.1) is 6.61 Å². The fraction of sp³-hybridized carbons (Fsp3) is 0.533. The second-order valence-corrected chi connectivity index (χ2v) is 4.58. The van der Waals surface area contributed by atoms with Crippen LogP contribution in [-0.4, -0.2) is 17.7 Å². The Morgan fingerprint density at radius 1 is 1.21 bits per heavy atom. The van der Waals surface area contributed by atoms with Gasteiger partial charge in [-0.15, -0.1) is 0 Å². The van der Waals surface area contributed by atoms with Crippen molar-refractivity contribution in [2.24, 2.45) is 0 Å². The number of amides is 1. The van der Waals surface area contributed by atoms with E-state index in [0.717, 1.165) is 6.42 Å². The van der Waals surface area contributed by atoms with E-state index in [2.05, 4.69) is 6.92 Å². The molecule has 0 aliphatic heterocycles. The maximum atomic E-state index is 11.2. The van der Waals surface area contributed by atoms with E-state index < -0.39 is 5.91 Å². The molecule has 2 N–H and O–H groups in total. The molecular formula is C15H23NO3. The van der Waals surface area contributed by atoms with Crippen LogP contribution in [0.3, 0.4) is 0 Å². The van der Waals surface area contributed by atoms with Gasteiger partial charge in [0, 0.05) is 5.56 Å². The number of carbonyl (C=O) groups is 1. The second-order valence-electron chi connectivity index (χ2n) is 4.58. The Kier molecular flexibility index (Phi) is 7.66. The number of rotatable bonds is 9. The van der Waals surface area contributed by atoms with Crippen LogP contribution in [0.4, 0.5) is 0 Å². The van der Waals surface area contributed by atoms with Crippen LogP contribution in [-0.2, 0) is 0 Å². The number of benzene rings is 1. The third-order valence-corrected chi connectivity index (χ3v) is 2.96. The maximum absolute atomic E-state index is 11.2. The number of hydrogen-bond acceptors (Lipinski definition) is 3. The topological polar surface area (TPSA) is 58.6 Å². The van der Waals surface area contributed by atoms with E-state index in [-0.39, 0.29) is 0 Å². The predicted octanol–water partition coefficient (Wildman–Crippen LogP) is 3.54. The Morgan fingerprint density at radius 2 is 1.95 bits per heavy atom. The first-order chi connectivity index (χ1) is 9.27. The highest BCUT2D eigenvalue weighted by molar-refractivity contribution is 5.93. The summed E-state index contributed by atoms with van der Waals surface area (Å²) in [5, 5.41) is 8.56. The van der Waals surface area contributed by atoms with Crippen molar-refractivity contribution in [3.63, 3.8) is 0 Å². The second kappa shape index (κ2) is 9.39. The molecule has 0 unspecified atom stereocenters. The molecule has 1 aromatic carbocycles. The Labute approximate surface area is 114 Å². The van der Waals surface area contributed by atoms with Crippen molar-refractivity contribution in [2.45, 2.75) is 45.4 Å². The third kappa shape index (κ3) is 6.25. The molecular weight excluding hydrogens is 242 g/mol. The van der Waals surface area contributed by atoms with Crippen LogP contribution in [0.25, 0.3) is 0 Å². The largest absolute Gasteiger partial charge is 0.494 e. The lowest BCUT2D eigenvalue weighted by Gasteiger charge is -2.07. The minimum Gasteiger partial charge on any atom is -0.494 e. The van der Waals surface area contributed by atoms with Gasteiger partial charge in [-0.1, -0.05) is 45.1 Å². The molecule has 1 amide bonds. The van der Waals surface area contributed by atoms with E-state index in [0.29, 0.717) is 17.9 Å². The fourth-order valence-electron chi connectivity index (χ4n) is 1.86. The molecule has 19 heavy (non-hydrogen) atoms. The van der Waals surface area contributed by atoms with Crippen molar-refractivity contribution in [1.82, 2.24) is 5.48 Å². The van der Waals surface area contributed by atoms with E-state index in [9.17, 15) is 4.79 Å². The molecule has 0 atom stereocenters. The van der Waals surface area contributed by atoms with Crippen molar-refractivity contribution >= 4 is 5.91 Å². The molecule has 0 saturated carbocycles. The molecule has 4 heteroatoms. The number of carbonyl (C=O) groups excluding carboxylic acids is 1. The molecule has 4 nitrogen and oxygen atoms in total. The number of hydrogen-bond donors (Lipinski definition) is 2. The number of nitrogens with one attached hydrogen (secondary N) is 1. The van der Waals surface area contributed by atoms with Crippen LogP contribution < -0.4 is 10.2 Å². The van der Waals surface area contributed by atoms with Gasteiger partial charge in [-0.05, 0) is 24.6 Å². The van der Waals surface area contributed by atoms with Crippen LogP contribution in [0.1, 0.15) is 55.8 Å². The zero-order valence-electron chi connectivity index (χ0n) is 11.5. The summed E-state index contributed by atoms with van der Waals surface area (Å²) >= 11 is 0. The van der Waals surface area contributed by atoms with Crippen molar-refractivity contribution < 1.29 is 14.7 Å². The normalized spacial score (nSPS) is 10.2. The van der Waals surface area contributed by atoms with E-state index in [1.807, 2.05) is 6.07 Å². The van der Waals surface area contributed by atoms with Gasteiger partial charge < -0.3 is 4.74 Å². The van der Waals surface area contributed by atoms with Crippen LogP contribution in [0.5, 0.6) is 5.75 Å². The summed E-state index contributed by atoms with van der Waals surface area (Å²) in [5.74, 6) is 0.139. The van der Waals surface area contributed by atoms with Gasteiger partial charge in [-0.25, -0.2) is 5.48 Å². The van der Waals surface area contributed by atoms with Crippen molar-refractivity contribution in [3.8, 4) is 5.75 Å². The minimum atomic E-state index is -0.523. The van der Waals surface area contributed by atoms with Crippen LogP contribution in [0.15, 0.2) is 24.3 Å². The van der Waals surface area contributed by atoms with E-state index in [1.165, 1.54) is 32.1 Å². The average molecular weight is 265 g/mol. The van der Waals surface area contributed by atoms with Crippen LogP contribution in [0.2, 0.25) is 0 Å². The number of ether oxygens (including phenoxy) is 1. The lowest BCUT2D eigenvalue weighted by Crippen LogP contribution is -2.18. The third-order valence-electron chi connectivity index (χ3n) is 2.96. The van der Waals surface area contributed by atoms with Gasteiger partial charge in [0.1, 0.15) is 5.75 Å². The van der Waals surface area contributed by atoms with Crippen LogP contribution in [0, 0.1) is 0 Å². The standard InChI is InChI=1S/C15H23NO3/c1-2-3-4-5-6-7-11-19-14-10-8-9-13(12-14)15(17)16-18/h8-10,12,18H,2-7,11H2,1H3,(H,16,17). The summed E-state index contributed by atoms with van der Waals surface area (Å²) in [4.78, 5) is 11.2. The molecule has 0 saturated heterocycles. The van der Waals surface area contributed by atoms with Gasteiger partial charge in [0.15, 0.2) is 0 Å². The lowest BCUT2D eigenvalue weighted by molar-refractivity contribution is 0.0706. The molecule has 0 bridgehead atoms. The smallest absolute Gasteiger partial charge is 0.274 e. The monoisotopic (exact) mass is 265 g/mol. The van der Waals surface area contributed by atoms with Gasteiger partial charge in [0.25, 0.3) is 5.91 Å². The molecule has 0 aromatic heterocycles. The Morgan fingerprint density at radius 3 is 2.68 bits per heavy atom. The Balaban J connectivity index is 2.24. The predicted molar refractivity (Wildman–Crippen MR) is 74.6 cm³/mol. The number of unbranched alkanes of at least 4 members (excludes halogenated alkanes) is 5. The summed E-state index contributed by atoms with van der Waals surface area (Å²) in [6, 6.07) is 6.80. The quantitative estimate of drug-likeness (QED) is 0.408. The summed E-state index contributed by atoms with van der Waals surface area (Å²) in [5.41, 5.74) is 2.00. The lowest BCUT2D eigenvalue weighted by atomic mass is 10.1. The SMILES string of the molecule is CCCCCCCCOc1cccc(C(=O)NO)c1. The Bertz CT molecular complexity index is 379. The van der Waals surface area contributed by atoms with Gasteiger partial charge >= 0.3 is 0 Å². The molecule has 0 fully saturated rings. The highest BCUT2D eigenvalue weighted by atomic mass is 16.5. The summed E-state index contributed by atoms with van der Waals surface area (Å²) in [6.45, 7) is 2.87. The van der Waals surface area contributed by atoms with E-state index >= 15 is 0 Å². The number of hydroxylamine groups is 1. The highest BCUT2D eigenvalue weighted by Crippen LogP contribution is 2.14. The van der Waals surface area contributed by atoms with Crippen LogP contribution >= 0.6 is 0 Å². The highest BCUT2D eigenvalue weighted by Gasteiger charge is 2.04. The average Bonchev–Trinajstić information content (AvgIpc) is 2.46. The maximum Gasteiger partial charge on any atom is 0.274 e. The van der Waals surface area contributed by atoms with E-state index in [1.54, 1.807) is 23.7 Å². The Hall–Kier alpha value is -1.55.